The van der Waals surface area contributed by atoms with E-state index in [2.05, 4.69) is 12.2 Å². The van der Waals surface area contributed by atoms with Crippen LogP contribution in [0.2, 0.25) is 0 Å². The average Bonchev–Trinajstić information content (AvgIpc) is 2.27. The van der Waals surface area contributed by atoms with E-state index in [0.29, 0.717) is 0 Å². The van der Waals surface area contributed by atoms with E-state index in [1.807, 2.05) is 13.8 Å². The van der Waals surface area contributed by atoms with Gasteiger partial charge in [0.15, 0.2) is 0 Å². The van der Waals surface area contributed by atoms with Gasteiger partial charge in [-0.15, -0.1) is 0 Å². The number of hydrogen-bond acceptors (Lipinski definition) is 2. The molecule has 2 unspecified atom stereocenters. The third-order valence-corrected chi connectivity index (χ3v) is 2.45. The van der Waals surface area contributed by atoms with Gasteiger partial charge in [-0.25, -0.2) is 4.79 Å². The number of amides is 1. The summed E-state index contributed by atoms with van der Waals surface area (Å²) < 4.78 is 5.07. The predicted molar refractivity (Wildman–Crippen MR) is 42.4 cm³/mol. The van der Waals surface area contributed by atoms with Gasteiger partial charge in [-0.3, -0.25) is 0 Å². The first-order valence-corrected chi connectivity index (χ1v) is 4.11. The van der Waals surface area contributed by atoms with Crippen LogP contribution in [-0.4, -0.2) is 17.7 Å². The summed E-state index contributed by atoms with van der Waals surface area (Å²) in [5, 5.41) is 2.82. The molecule has 0 aliphatic carbocycles. The zero-order valence-corrected chi connectivity index (χ0v) is 7.31. The first-order chi connectivity index (χ1) is 5.12. The van der Waals surface area contributed by atoms with Gasteiger partial charge in [-0.05, 0) is 19.8 Å². The molecule has 1 saturated heterocycles. The van der Waals surface area contributed by atoms with E-state index in [1.54, 1.807) is 0 Å². The summed E-state index contributed by atoms with van der Waals surface area (Å²) in [6, 6.07) is 0. The third kappa shape index (κ3) is 1.32. The van der Waals surface area contributed by atoms with Crippen LogP contribution in [0.25, 0.3) is 0 Å². The Hall–Kier alpha value is -0.730. The monoisotopic (exact) mass is 157 g/mol. The highest BCUT2D eigenvalue weighted by atomic mass is 16.6. The molecule has 3 nitrogen and oxygen atoms in total. The smallest absolute Gasteiger partial charge is 0.408 e. The molecule has 0 spiro atoms. The summed E-state index contributed by atoms with van der Waals surface area (Å²) in [7, 11) is 0. The fraction of sp³-hybridized carbons (Fsp3) is 0.875. The van der Waals surface area contributed by atoms with Crippen molar-refractivity contribution < 1.29 is 9.53 Å². The maximum Gasteiger partial charge on any atom is 0.408 e. The Morgan fingerprint density at radius 1 is 1.64 bits per heavy atom. The van der Waals surface area contributed by atoms with Crippen molar-refractivity contribution in [2.75, 3.05) is 0 Å². The molecule has 3 heteroatoms. The molecular weight excluding hydrogens is 142 g/mol. The van der Waals surface area contributed by atoms with Crippen LogP contribution in [0, 0.1) is 0 Å². The zero-order valence-electron chi connectivity index (χ0n) is 7.31. The number of nitrogens with one attached hydrogen (secondary N) is 1. The molecule has 1 N–H and O–H groups in total. The second-order valence-corrected chi connectivity index (χ2v) is 3.20. The largest absolute Gasteiger partial charge is 0.444 e. The molecule has 1 rings (SSSR count). The van der Waals surface area contributed by atoms with Gasteiger partial charge in [0.05, 0.1) is 5.54 Å². The highest BCUT2D eigenvalue weighted by molar-refractivity contribution is 5.71. The van der Waals surface area contributed by atoms with Crippen LogP contribution >= 0.6 is 0 Å². The Kier molecular flexibility index (Phi) is 2.07. The van der Waals surface area contributed by atoms with E-state index in [0.717, 1.165) is 12.8 Å². The lowest BCUT2D eigenvalue weighted by molar-refractivity contribution is 0.108. The van der Waals surface area contributed by atoms with Crippen LogP contribution in [-0.2, 0) is 4.74 Å². The van der Waals surface area contributed by atoms with Gasteiger partial charge in [-0.2, -0.15) is 0 Å². The summed E-state index contributed by atoms with van der Waals surface area (Å²) in [5.41, 5.74) is -0.147. The fourth-order valence-electron chi connectivity index (χ4n) is 1.45. The van der Waals surface area contributed by atoms with E-state index in [9.17, 15) is 4.79 Å². The highest BCUT2D eigenvalue weighted by Crippen LogP contribution is 2.25. The van der Waals surface area contributed by atoms with E-state index in [4.69, 9.17) is 4.74 Å². The Balaban J connectivity index is 2.71. The quantitative estimate of drug-likeness (QED) is 0.662. The molecule has 11 heavy (non-hydrogen) atoms. The molecule has 0 aromatic carbocycles. The Labute approximate surface area is 67.1 Å². The normalized spacial score (nSPS) is 36.6. The molecule has 1 aliphatic rings. The Morgan fingerprint density at radius 3 is 2.64 bits per heavy atom. The van der Waals surface area contributed by atoms with Gasteiger partial charge >= 0.3 is 6.09 Å². The van der Waals surface area contributed by atoms with E-state index in [-0.39, 0.29) is 17.7 Å². The van der Waals surface area contributed by atoms with Crippen molar-refractivity contribution in [1.29, 1.82) is 0 Å². The van der Waals surface area contributed by atoms with Crippen LogP contribution in [0.15, 0.2) is 0 Å². The van der Waals surface area contributed by atoms with Gasteiger partial charge in [0.1, 0.15) is 6.10 Å². The number of ether oxygens (including phenoxy) is 1. The van der Waals surface area contributed by atoms with Crippen molar-refractivity contribution in [1.82, 2.24) is 5.32 Å². The van der Waals surface area contributed by atoms with Crippen LogP contribution in [0.3, 0.4) is 0 Å². The number of hydrogen-bond donors (Lipinski definition) is 1. The van der Waals surface area contributed by atoms with Gasteiger partial charge in [0.25, 0.3) is 0 Å². The molecular formula is C8H15NO2. The fourth-order valence-corrected chi connectivity index (χ4v) is 1.45. The summed E-state index contributed by atoms with van der Waals surface area (Å²) in [5.74, 6) is 0. The van der Waals surface area contributed by atoms with E-state index in [1.165, 1.54) is 0 Å². The number of carbonyl (C=O) groups is 1. The molecule has 0 radical (unpaired) electrons. The summed E-state index contributed by atoms with van der Waals surface area (Å²) in [4.78, 5) is 10.9. The number of alkyl carbamates (subject to hydrolysis) is 1. The summed E-state index contributed by atoms with van der Waals surface area (Å²) in [6.07, 6.45) is 1.56. The van der Waals surface area contributed by atoms with Crippen LogP contribution in [0.4, 0.5) is 4.79 Å². The standard InChI is InChI=1S/C8H15NO2/c1-4-6-8(3,5-2)9-7(10)11-6/h6H,4-5H2,1-3H3,(H,9,10). The molecule has 0 aromatic rings. The van der Waals surface area contributed by atoms with Crippen molar-refractivity contribution >= 4 is 6.09 Å². The van der Waals surface area contributed by atoms with Crippen molar-refractivity contribution in [3.8, 4) is 0 Å². The minimum absolute atomic E-state index is 0.0417. The predicted octanol–water partition coefficient (Wildman–Crippen LogP) is 1.67. The molecule has 1 fully saturated rings. The molecule has 0 aromatic heterocycles. The number of rotatable bonds is 2. The molecule has 1 heterocycles. The van der Waals surface area contributed by atoms with E-state index >= 15 is 0 Å². The third-order valence-electron chi connectivity index (χ3n) is 2.45. The molecule has 0 bridgehead atoms. The van der Waals surface area contributed by atoms with Gasteiger partial charge in [0, 0.05) is 0 Å². The van der Waals surface area contributed by atoms with Crippen molar-refractivity contribution in [3.05, 3.63) is 0 Å². The highest BCUT2D eigenvalue weighted by Gasteiger charge is 2.41. The SMILES string of the molecule is CCC1OC(=O)NC1(C)CC. The maximum absolute atomic E-state index is 10.9. The van der Waals surface area contributed by atoms with Gasteiger partial charge < -0.3 is 10.1 Å². The lowest BCUT2D eigenvalue weighted by atomic mass is 9.91. The first-order valence-electron chi connectivity index (χ1n) is 4.11. The van der Waals surface area contributed by atoms with Crippen molar-refractivity contribution in [2.24, 2.45) is 0 Å². The minimum atomic E-state index is -0.277. The Bertz CT molecular complexity index is 169. The minimum Gasteiger partial charge on any atom is -0.444 e. The van der Waals surface area contributed by atoms with Crippen LogP contribution < -0.4 is 5.32 Å². The lowest BCUT2D eigenvalue weighted by Gasteiger charge is -2.25. The Morgan fingerprint density at radius 2 is 2.27 bits per heavy atom. The maximum atomic E-state index is 10.9. The van der Waals surface area contributed by atoms with Gasteiger partial charge in [-0.1, -0.05) is 13.8 Å². The van der Waals surface area contributed by atoms with Crippen molar-refractivity contribution in [3.63, 3.8) is 0 Å². The summed E-state index contributed by atoms with van der Waals surface area (Å²) >= 11 is 0. The van der Waals surface area contributed by atoms with Crippen molar-refractivity contribution in [2.45, 2.75) is 45.3 Å². The van der Waals surface area contributed by atoms with E-state index < -0.39 is 0 Å². The number of cyclic esters (lactones) is 1. The second-order valence-electron chi connectivity index (χ2n) is 3.20. The molecule has 0 saturated carbocycles. The van der Waals surface area contributed by atoms with Crippen LogP contribution in [0.1, 0.15) is 33.6 Å². The summed E-state index contributed by atoms with van der Waals surface area (Å²) in [6.45, 7) is 6.10. The van der Waals surface area contributed by atoms with Crippen LogP contribution in [0.5, 0.6) is 0 Å². The molecule has 1 aliphatic heterocycles. The second kappa shape index (κ2) is 2.72. The molecule has 64 valence electrons. The molecule has 1 amide bonds. The molecule has 2 atom stereocenters. The number of carbonyl (C=O) groups excluding carboxylic acids is 1. The first kappa shape index (κ1) is 8.37. The lowest BCUT2D eigenvalue weighted by Crippen LogP contribution is -2.44. The van der Waals surface area contributed by atoms with Gasteiger partial charge in [0.2, 0.25) is 0 Å². The topological polar surface area (TPSA) is 38.3 Å². The average molecular weight is 157 g/mol. The zero-order chi connectivity index (χ0) is 8.48.